The smallest absolute Gasteiger partial charge is 0.242 e. The molecule has 0 aliphatic rings. The number of hydrogen-bond acceptors (Lipinski definition) is 2. The lowest BCUT2D eigenvalue weighted by Gasteiger charge is -2.06. The first-order chi connectivity index (χ1) is 7.19. The molecule has 1 rings (SSSR count). The predicted molar refractivity (Wildman–Crippen MR) is 59.8 cm³/mol. The van der Waals surface area contributed by atoms with Gasteiger partial charge in [0.2, 0.25) is 5.91 Å². The number of hydrogen-bond donors (Lipinski definition) is 1. The van der Waals surface area contributed by atoms with Crippen LogP contribution in [0, 0.1) is 0 Å². The van der Waals surface area contributed by atoms with Crippen LogP contribution in [-0.4, -0.2) is 22.2 Å². The van der Waals surface area contributed by atoms with E-state index in [1.165, 1.54) is 0 Å². The van der Waals surface area contributed by atoms with Crippen molar-refractivity contribution in [2.75, 3.05) is 6.54 Å². The molecule has 0 bridgehead atoms. The van der Waals surface area contributed by atoms with Crippen LogP contribution in [0.2, 0.25) is 0 Å². The monoisotopic (exact) mass is 229 g/mol. The van der Waals surface area contributed by atoms with E-state index in [0.29, 0.717) is 6.54 Å². The maximum atomic E-state index is 11.4. The van der Waals surface area contributed by atoms with Crippen LogP contribution in [-0.2, 0) is 11.3 Å². The zero-order valence-electron chi connectivity index (χ0n) is 9.03. The SMILES string of the molecule is CCCn1cc(C(Cl)C(=O)NCC)cn1. The molecule has 1 unspecified atom stereocenters. The first kappa shape index (κ1) is 12.0. The third-order valence-electron chi connectivity index (χ3n) is 1.98. The second-order valence-electron chi connectivity index (χ2n) is 3.29. The van der Waals surface area contributed by atoms with Gasteiger partial charge in [-0.3, -0.25) is 9.48 Å². The van der Waals surface area contributed by atoms with E-state index in [1.807, 2.05) is 13.1 Å². The van der Waals surface area contributed by atoms with Crippen molar-refractivity contribution in [2.45, 2.75) is 32.2 Å². The molecular weight excluding hydrogens is 214 g/mol. The summed E-state index contributed by atoms with van der Waals surface area (Å²) in [5, 5.41) is 6.16. The summed E-state index contributed by atoms with van der Waals surface area (Å²) in [6.07, 6.45) is 4.47. The number of carbonyl (C=O) groups excluding carboxylic acids is 1. The summed E-state index contributed by atoms with van der Waals surface area (Å²) in [7, 11) is 0. The van der Waals surface area contributed by atoms with E-state index in [-0.39, 0.29) is 5.91 Å². The van der Waals surface area contributed by atoms with E-state index < -0.39 is 5.38 Å². The minimum Gasteiger partial charge on any atom is -0.355 e. The van der Waals surface area contributed by atoms with Gasteiger partial charge in [0.1, 0.15) is 5.38 Å². The number of nitrogens with one attached hydrogen (secondary N) is 1. The highest BCUT2D eigenvalue weighted by atomic mass is 35.5. The number of aromatic nitrogens is 2. The lowest BCUT2D eigenvalue weighted by molar-refractivity contribution is -0.120. The number of likely N-dealkylation sites (N-methyl/N-ethyl adjacent to an activating group) is 1. The third kappa shape index (κ3) is 3.23. The van der Waals surface area contributed by atoms with Crippen LogP contribution < -0.4 is 5.32 Å². The molecule has 0 saturated carbocycles. The zero-order valence-corrected chi connectivity index (χ0v) is 9.79. The molecule has 1 heterocycles. The van der Waals surface area contributed by atoms with Crippen LogP contribution >= 0.6 is 11.6 Å². The van der Waals surface area contributed by atoms with E-state index >= 15 is 0 Å². The van der Waals surface area contributed by atoms with Crippen molar-refractivity contribution in [1.82, 2.24) is 15.1 Å². The summed E-state index contributed by atoms with van der Waals surface area (Å²) in [5.41, 5.74) is 0.746. The van der Waals surface area contributed by atoms with Crippen molar-refractivity contribution in [3.05, 3.63) is 18.0 Å². The Morgan fingerprint density at radius 3 is 3.00 bits per heavy atom. The standard InChI is InChI=1S/C10H16ClN3O/c1-3-5-14-7-8(6-13-14)9(11)10(15)12-4-2/h6-7,9H,3-5H2,1-2H3,(H,12,15). The summed E-state index contributed by atoms with van der Waals surface area (Å²) in [6.45, 7) is 5.37. The van der Waals surface area contributed by atoms with Gasteiger partial charge >= 0.3 is 0 Å². The topological polar surface area (TPSA) is 46.9 Å². The fraction of sp³-hybridized carbons (Fsp3) is 0.600. The zero-order chi connectivity index (χ0) is 11.3. The third-order valence-corrected chi connectivity index (χ3v) is 2.43. The molecule has 0 saturated heterocycles. The number of aryl methyl sites for hydroxylation is 1. The molecule has 0 aliphatic heterocycles. The van der Waals surface area contributed by atoms with Crippen molar-refractivity contribution >= 4 is 17.5 Å². The average Bonchev–Trinajstić information content (AvgIpc) is 2.66. The molecule has 0 aliphatic carbocycles. The van der Waals surface area contributed by atoms with E-state index in [2.05, 4.69) is 17.3 Å². The molecule has 5 heteroatoms. The van der Waals surface area contributed by atoms with Gasteiger partial charge in [-0.2, -0.15) is 5.10 Å². The maximum absolute atomic E-state index is 11.4. The Morgan fingerprint density at radius 1 is 1.67 bits per heavy atom. The Morgan fingerprint density at radius 2 is 2.40 bits per heavy atom. The number of nitrogens with zero attached hydrogens (tertiary/aromatic N) is 2. The molecule has 0 radical (unpaired) electrons. The largest absolute Gasteiger partial charge is 0.355 e. The van der Waals surface area contributed by atoms with E-state index in [9.17, 15) is 4.79 Å². The Kier molecular flexibility index (Phi) is 4.62. The number of amides is 1. The molecule has 15 heavy (non-hydrogen) atoms. The van der Waals surface area contributed by atoms with Gasteiger partial charge in [0, 0.05) is 24.8 Å². The number of rotatable bonds is 5. The van der Waals surface area contributed by atoms with Crippen molar-refractivity contribution in [1.29, 1.82) is 0 Å². The second kappa shape index (κ2) is 5.75. The minimum atomic E-state index is -0.643. The predicted octanol–water partition coefficient (Wildman–Crippen LogP) is 1.71. The van der Waals surface area contributed by atoms with E-state index in [1.54, 1.807) is 10.9 Å². The Balaban J connectivity index is 2.64. The van der Waals surface area contributed by atoms with E-state index in [0.717, 1.165) is 18.5 Å². The van der Waals surface area contributed by atoms with E-state index in [4.69, 9.17) is 11.6 Å². The van der Waals surface area contributed by atoms with Crippen LogP contribution in [0.25, 0.3) is 0 Å². The van der Waals surface area contributed by atoms with Crippen LogP contribution in [0.15, 0.2) is 12.4 Å². The molecular formula is C10H16ClN3O. The van der Waals surface area contributed by atoms with Gasteiger partial charge in [0.25, 0.3) is 0 Å². The van der Waals surface area contributed by atoms with Gasteiger partial charge in [-0.15, -0.1) is 11.6 Å². The molecule has 1 aromatic rings. The molecule has 0 spiro atoms. The van der Waals surface area contributed by atoms with Crippen LogP contribution in [0.5, 0.6) is 0 Å². The fourth-order valence-corrected chi connectivity index (χ4v) is 1.47. The summed E-state index contributed by atoms with van der Waals surface area (Å²) in [4.78, 5) is 11.4. The highest BCUT2D eigenvalue weighted by Gasteiger charge is 2.18. The summed E-state index contributed by atoms with van der Waals surface area (Å²) in [5.74, 6) is -0.171. The number of carbonyl (C=O) groups is 1. The molecule has 0 fully saturated rings. The highest BCUT2D eigenvalue weighted by molar-refractivity contribution is 6.30. The Labute approximate surface area is 94.6 Å². The van der Waals surface area contributed by atoms with Crippen LogP contribution in [0.1, 0.15) is 31.2 Å². The van der Waals surface area contributed by atoms with Gasteiger partial charge in [-0.1, -0.05) is 6.92 Å². The maximum Gasteiger partial charge on any atom is 0.242 e. The molecule has 1 N–H and O–H groups in total. The summed E-state index contributed by atoms with van der Waals surface area (Å²) >= 11 is 5.98. The van der Waals surface area contributed by atoms with Gasteiger partial charge in [-0.05, 0) is 13.3 Å². The van der Waals surface area contributed by atoms with Crippen molar-refractivity contribution in [3.63, 3.8) is 0 Å². The quantitative estimate of drug-likeness (QED) is 0.782. The van der Waals surface area contributed by atoms with Crippen molar-refractivity contribution in [3.8, 4) is 0 Å². The lowest BCUT2D eigenvalue weighted by Crippen LogP contribution is -2.26. The van der Waals surface area contributed by atoms with Crippen molar-refractivity contribution in [2.24, 2.45) is 0 Å². The molecule has 1 atom stereocenters. The first-order valence-electron chi connectivity index (χ1n) is 5.13. The molecule has 0 aromatic carbocycles. The summed E-state index contributed by atoms with van der Waals surface area (Å²) in [6, 6.07) is 0. The number of halogens is 1. The summed E-state index contributed by atoms with van der Waals surface area (Å²) < 4.78 is 1.80. The first-order valence-corrected chi connectivity index (χ1v) is 5.56. The van der Waals surface area contributed by atoms with Crippen molar-refractivity contribution < 1.29 is 4.79 Å². The van der Waals surface area contributed by atoms with Gasteiger partial charge in [0.15, 0.2) is 0 Å². The van der Waals surface area contributed by atoms with Gasteiger partial charge in [-0.25, -0.2) is 0 Å². The average molecular weight is 230 g/mol. The Bertz CT molecular complexity index is 324. The molecule has 1 aromatic heterocycles. The lowest BCUT2D eigenvalue weighted by atomic mass is 10.2. The second-order valence-corrected chi connectivity index (χ2v) is 3.73. The van der Waals surface area contributed by atoms with Gasteiger partial charge in [0.05, 0.1) is 6.20 Å². The number of alkyl halides is 1. The Hall–Kier alpha value is -1.03. The highest BCUT2D eigenvalue weighted by Crippen LogP contribution is 2.19. The minimum absolute atomic E-state index is 0.171. The molecule has 4 nitrogen and oxygen atoms in total. The molecule has 1 amide bonds. The normalized spacial score (nSPS) is 12.5. The fourth-order valence-electron chi connectivity index (χ4n) is 1.28. The van der Waals surface area contributed by atoms with Gasteiger partial charge < -0.3 is 5.32 Å². The van der Waals surface area contributed by atoms with Crippen LogP contribution in [0.3, 0.4) is 0 Å². The molecule has 84 valence electrons. The van der Waals surface area contributed by atoms with Crippen LogP contribution in [0.4, 0.5) is 0 Å².